The predicted molar refractivity (Wildman–Crippen MR) is 50.2 cm³/mol. The van der Waals surface area contributed by atoms with E-state index >= 15 is 0 Å². The van der Waals surface area contributed by atoms with Crippen molar-refractivity contribution in [1.29, 1.82) is 0 Å². The van der Waals surface area contributed by atoms with Gasteiger partial charge >= 0.3 is 0 Å². The Morgan fingerprint density at radius 3 is 2.83 bits per heavy atom. The zero-order chi connectivity index (χ0) is 9.30. The Bertz CT molecular complexity index is 340. The summed E-state index contributed by atoms with van der Waals surface area (Å²) in [4.78, 5) is 14.7. The van der Waals surface area contributed by atoms with Crippen LogP contribution in [0.1, 0.15) is 16.1 Å². The van der Waals surface area contributed by atoms with Crippen LogP contribution in [0.15, 0.2) is 10.5 Å². The molecule has 0 aliphatic heterocycles. The minimum atomic E-state index is -0.502. The second-order valence-corrected chi connectivity index (χ2v) is 3.47. The molecule has 1 heterocycles. The number of halogens is 2. The van der Waals surface area contributed by atoms with E-state index in [9.17, 15) is 4.79 Å². The lowest BCUT2D eigenvalue weighted by Gasteiger charge is -2.02. The molecule has 0 unspecified atom stereocenters. The summed E-state index contributed by atoms with van der Waals surface area (Å²) in [5.74, 6) is -0.502. The SMILES string of the molecule is Cc1nc(Cl)c(Br)cc1C(N)=O. The molecule has 0 spiro atoms. The van der Waals surface area contributed by atoms with E-state index in [1.54, 1.807) is 13.0 Å². The number of carbonyl (C=O) groups excluding carboxylic acids is 1. The summed E-state index contributed by atoms with van der Waals surface area (Å²) in [7, 11) is 0. The van der Waals surface area contributed by atoms with Gasteiger partial charge in [0.25, 0.3) is 5.91 Å². The van der Waals surface area contributed by atoms with Gasteiger partial charge in [0.2, 0.25) is 0 Å². The number of pyridine rings is 1. The summed E-state index contributed by atoms with van der Waals surface area (Å²) in [5.41, 5.74) is 6.01. The molecule has 5 heteroatoms. The Morgan fingerprint density at radius 2 is 2.33 bits per heavy atom. The van der Waals surface area contributed by atoms with Crippen molar-refractivity contribution < 1.29 is 4.79 Å². The molecule has 2 N–H and O–H groups in total. The van der Waals surface area contributed by atoms with E-state index < -0.39 is 5.91 Å². The third-order valence-corrected chi connectivity index (χ3v) is 2.51. The van der Waals surface area contributed by atoms with Crippen LogP contribution in [0, 0.1) is 6.92 Å². The van der Waals surface area contributed by atoms with Crippen LogP contribution in [0.3, 0.4) is 0 Å². The normalized spacial score (nSPS) is 9.92. The van der Waals surface area contributed by atoms with Crippen molar-refractivity contribution in [3.63, 3.8) is 0 Å². The zero-order valence-electron chi connectivity index (χ0n) is 6.27. The highest BCUT2D eigenvalue weighted by atomic mass is 79.9. The quantitative estimate of drug-likeness (QED) is 0.773. The lowest BCUT2D eigenvalue weighted by Crippen LogP contribution is -2.13. The molecule has 0 aromatic carbocycles. The molecule has 0 aliphatic carbocycles. The average Bonchev–Trinajstić information content (AvgIpc) is 1.96. The van der Waals surface area contributed by atoms with Crippen molar-refractivity contribution in [2.75, 3.05) is 0 Å². The van der Waals surface area contributed by atoms with Crippen LogP contribution in [0.2, 0.25) is 5.15 Å². The van der Waals surface area contributed by atoms with E-state index in [0.29, 0.717) is 20.9 Å². The second-order valence-electron chi connectivity index (χ2n) is 2.26. The lowest BCUT2D eigenvalue weighted by atomic mass is 10.2. The summed E-state index contributed by atoms with van der Waals surface area (Å²) in [6.07, 6.45) is 0. The standard InChI is InChI=1S/C7H6BrClN2O/c1-3-4(7(10)12)2-5(8)6(9)11-3/h2H,1H3,(H2,10,12). The topological polar surface area (TPSA) is 56.0 Å². The number of aryl methyl sites for hydroxylation is 1. The summed E-state index contributed by atoms with van der Waals surface area (Å²) in [6, 6.07) is 1.56. The monoisotopic (exact) mass is 248 g/mol. The van der Waals surface area contributed by atoms with Gasteiger partial charge in [-0.15, -0.1) is 0 Å². The highest BCUT2D eigenvalue weighted by Gasteiger charge is 2.09. The van der Waals surface area contributed by atoms with Crippen molar-refractivity contribution in [2.24, 2.45) is 5.73 Å². The summed E-state index contributed by atoms with van der Waals surface area (Å²) in [6.45, 7) is 1.68. The molecule has 12 heavy (non-hydrogen) atoms. The van der Waals surface area contributed by atoms with Crippen molar-refractivity contribution in [2.45, 2.75) is 6.92 Å². The van der Waals surface area contributed by atoms with Crippen LogP contribution in [0.5, 0.6) is 0 Å². The maximum Gasteiger partial charge on any atom is 0.250 e. The molecule has 1 aromatic rings. The third-order valence-electron chi connectivity index (χ3n) is 1.39. The lowest BCUT2D eigenvalue weighted by molar-refractivity contribution is 0.0999. The van der Waals surface area contributed by atoms with E-state index in [4.69, 9.17) is 17.3 Å². The van der Waals surface area contributed by atoms with Gasteiger partial charge < -0.3 is 5.73 Å². The number of carbonyl (C=O) groups is 1. The minimum Gasteiger partial charge on any atom is -0.366 e. The molecule has 1 aromatic heterocycles. The molecule has 0 atom stereocenters. The number of aromatic nitrogens is 1. The molecule has 0 aliphatic rings. The Labute approximate surface area is 83.1 Å². The van der Waals surface area contributed by atoms with Crippen molar-refractivity contribution in [3.05, 3.63) is 26.9 Å². The fourth-order valence-corrected chi connectivity index (χ4v) is 1.30. The number of nitrogens with zero attached hydrogens (tertiary/aromatic N) is 1. The number of amides is 1. The van der Waals surface area contributed by atoms with Gasteiger partial charge in [-0.25, -0.2) is 4.98 Å². The third kappa shape index (κ3) is 1.76. The first-order chi connectivity index (χ1) is 5.52. The van der Waals surface area contributed by atoms with Crippen LogP contribution in [0.25, 0.3) is 0 Å². The first-order valence-electron chi connectivity index (χ1n) is 3.15. The Morgan fingerprint density at radius 1 is 1.75 bits per heavy atom. The first kappa shape index (κ1) is 9.48. The van der Waals surface area contributed by atoms with E-state index in [0.717, 1.165) is 0 Å². The van der Waals surface area contributed by atoms with Gasteiger partial charge in [0, 0.05) is 0 Å². The molecule has 3 nitrogen and oxygen atoms in total. The first-order valence-corrected chi connectivity index (χ1v) is 4.32. The summed E-state index contributed by atoms with van der Waals surface area (Å²) >= 11 is 8.83. The summed E-state index contributed by atoms with van der Waals surface area (Å²) < 4.78 is 0.573. The zero-order valence-corrected chi connectivity index (χ0v) is 8.61. The fraction of sp³-hybridized carbons (Fsp3) is 0.143. The van der Waals surface area contributed by atoms with Gasteiger partial charge in [-0.3, -0.25) is 4.79 Å². The Kier molecular flexibility index (Phi) is 2.69. The van der Waals surface area contributed by atoms with Crippen LogP contribution in [-0.4, -0.2) is 10.9 Å². The highest BCUT2D eigenvalue weighted by Crippen LogP contribution is 2.22. The van der Waals surface area contributed by atoms with Gasteiger partial charge in [-0.05, 0) is 28.9 Å². The predicted octanol–water partition coefficient (Wildman–Crippen LogP) is 1.90. The van der Waals surface area contributed by atoms with Crippen molar-refractivity contribution in [3.8, 4) is 0 Å². The molecule has 0 bridgehead atoms. The molecule has 0 fully saturated rings. The van der Waals surface area contributed by atoms with Crippen molar-refractivity contribution >= 4 is 33.4 Å². The van der Waals surface area contributed by atoms with Gasteiger partial charge in [0.1, 0.15) is 5.15 Å². The molecular formula is C7H6BrClN2O. The van der Waals surface area contributed by atoms with E-state index in [2.05, 4.69) is 20.9 Å². The molecule has 1 amide bonds. The largest absolute Gasteiger partial charge is 0.366 e. The number of rotatable bonds is 1. The molecule has 64 valence electrons. The smallest absolute Gasteiger partial charge is 0.250 e. The van der Waals surface area contributed by atoms with Crippen molar-refractivity contribution in [1.82, 2.24) is 4.98 Å². The molecule has 0 radical (unpaired) electrons. The van der Waals surface area contributed by atoms with Gasteiger partial charge in [-0.1, -0.05) is 11.6 Å². The van der Waals surface area contributed by atoms with E-state index in [-0.39, 0.29) is 0 Å². The molecule has 0 saturated heterocycles. The second kappa shape index (κ2) is 3.41. The molecule has 1 rings (SSSR count). The maximum absolute atomic E-state index is 10.8. The number of hydrogen-bond donors (Lipinski definition) is 1. The number of nitrogens with two attached hydrogens (primary N) is 1. The van der Waals surface area contributed by atoms with Gasteiger partial charge in [0.05, 0.1) is 15.7 Å². The van der Waals surface area contributed by atoms with Crippen LogP contribution >= 0.6 is 27.5 Å². The highest BCUT2D eigenvalue weighted by molar-refractivity contribution is 9.10. The minimum absolute atomic E-state index is 0.331. The Hall–Kier alpha value is -0.610. The molecular weight excluding hydrogens is 243 g/mol. The maximum atomic E-state index is 10.8. The van der Waals surface area contributed by atoms with E-state index in [1.165, 1.54) is 0 Å². The fourth-order valence-electron chi connectivity index (χ4n) is 0.801. The molecule has 0 saturated carbocycles. The van der Waals surface area contributed by atoms with Crippen LogP contribution in [0.4, 0.5) is 0 Å². The number of primary amides is 1. The Balaban J connectivity index is 3.33. The number of hydrogen-bond acceptors (Lipinski definition) is 2. The van der Waals surface area contributed by atoms with Crippen LogP contribution < -0.4 is 5.73 Å². The van der Waals surface area contributed by atoms with Crippen LogP contribution in [-0.2, 0) is 0 Å². The summed E-state index contributed by atoms with van der Waals surface area (Å²) in [5, 5.41) is 0.331. The average molecular weight is 249 g/mol. The van der Waals surface area contributed by atoms with E-state index in [1.807, 2.05) is 0 Å². The van der Waals surface area contributed by atoms with Gasteiger partial charge in [0.15, 0.2) is 0 Å². The van der Waals surface area contributed by atoms with Gasteiger partial charge in [-0.2, -0.15) is 0 Å².